The standard InChI is InChI=1S/C19H24N6/c1-14-10-21-17-16(14)18(23-13-22-17)25-9-8-19(20,12-25)11-24(2)15-6-4-3-5-7-15/h3-7,10,13H,8-9,11-12,20H2,1-2H3,(H,21,22,23). The summed E-state index contributed by atoms with van der Waals surface area (Å²) in [5.41, 5.74) is 9.74. The summed E-state index contributed by atoms with van der Waals surface area (Å²) in [6.07, 6.45) is 4.55. The molecule has 25 heavy (non-hydrogen) atoms. The molecule has 1 aliphatic rings. The van der Waals surface area contributed by atoms with Crippen molar-refractivity contribution < 1.29 is 0 Å². The lowest BCUT2D eigenvalue weighted by atomic mass is 9.99. The van der Waals surface area contributed by atoms with E-state index in [1.165, 1.54) is 11.3 Å². The maximum Gasteiger partial charge on any atom is 0.143 e. The lowest BCUT2D eigenvalue weighted by molar-refractivity contribution is 0.474. The predicted molar refractivity (Wildman–Crippen MR) is 102 cm³/mol. The van der Waals surface area contributed by atoms with Crippen LogP contribution >= 0.6 is 0 Å². The average molecular weight is 336 g/mol. The normalized spacial score (nSPS) is 20.4. The van der Waals surface area contributed by atoms with E-state index in [0.29, 0.717) is 0 Å². The highest BCUT2D eigenvalue weighted by Gasteiger charge is 2.37. The van der Waals surface area contributed by atoms with Gasteiger partial charge in [0.15, 0.2) is 0 Å². The fourth-order valence-corrected chi connectivity index (χ4v) is 3.79. The van der Waals surface area contributed by atoms with Crippen LogP contribution in [-0.2, 0) is 0 Å². The molecule has 1 unspecified atom stereocenters. The lowest BCUT2D eigenvalue weighted by Crippen LogP contribution is -2.51. The second-order valence-corrected chi connectivity index (χ2v) is 7.12. The van der Waals surface area contributed by atoms with Gasteiger partial charge in [0.05, 0.1) is 10.9 Å². The van der Waals surface area contributed by atoms with Gasteiger partial charge in [0.25, 0.3) is 0 Å². The molecule has 1 aromatic carbocycles. The fourth-order valence-electron chi connectivity index (χ4n) is 3.79. The third-order valence-corrected chi connectivity index (χ3v) is 5.08. The van der Waals surface area contributed by atoms with Gasteiger partial charge < -0.3 is 20.5 Å². The summed E-state index contributed by atoms with van der Waals surface area (Å²) in [7, 11) is 2.10. The van der Waals surface area contributed by atoms with Crippen LogP contribution in [0.25, 0.3) is 11.0 Å². The van der Waals surface area contributed by atoms with Crippen LogP contribution < -0.4 is 15.5 Å². The second-order valence-electron chi connectivity index (χ2n) is 7.12. The molecule has 0 spiro atoms. The zero-order valence-electron chi connectivity index (χ0n) is 14.7. The molecule has 0 radical (unpaired) electrons. The number of para-hydroxylation sites is 1. The summed E-state index contributed by atoms with van der Waals surface area (Å²) in [4.78, 5) is 16.6. The van der Waals surface area contributed by atoms with Gasteiger partial charge in [-0.05, 0) is 31.0 Å². The Morgan fingerprint density at radius 1 is 1.28 bits per heavy atom. The molecule has 3 N–H and O–H groups in total. The summed E-state index contributed by atoms with van der Waals surface area (Å²) < 4.78 is 0. The van der Waals surface area contributed by atoms with Gasteiger partial charge in [0.2, 0.25) is 0 Å². The van der Waals surface area contributed by atoms with Crippen molar-refractivity contribution >= 4 is 22.5 Å². The molecule has 130 valence electrons. The number of likely N-dealkylation sites (N-methyl/N-ethyl adjacent to an activating group) is 1. The van der Waals surface area contributed by atoms with E-state index in [4.69, 9.17) is 5.73 Å². The minimum absolute atomic E-state index is 0.258. The van der Waals surface area contributed by atoms with E-state index in [9.17, 15) is 0 Å². The van der Waals surface area contributed by atoms with Crippen LogP contribution in [0.15, 0.2) is 42.9 Å². The molecule has 3 aromatic rings. The van der Waals surface area contributed by atoms with Crippen LogP contribution in [0.1, 0.15) is 12.0 Å². The molecule has 3 heterocycles. The highest BCUT2D eigenvalue weighted by molar-refractivity contribution is 5.90. The molecule has 1 fully saturated rings. The van der Waals surface area contributed by atoms with Crippen molar-refractivity contribution in [3.05, 3.63) is 48.4 Å². The van der Waals surface area contributed by atoms with Gasteiger partial charge in [0.1, 0.15) is 17.8 Å². The number of aromatic amines is 1. The van der Waals surface area contributed by atoms with Gasteiger partial charge in [0, 0.05) is 38.6 Å². The SMILES string of the molecule is Cc1c[nH]c2ncnc(N3CCC(N)(CN(C)c4ccccc4)C3)c12. The predicted octanol–water partition coefficient (Wildman–Crippen LogP) is 2.31. The van der Waals surface area contributed by atoms with Crippen molar-refractivity contribution in [2.75, 3.05) is 36.5 Å². The monoisotopic (exact) mass is 336 g/mol. The van der Waals surface area contributed by atoms with E-state index in [-0.39, 0.29) is 5.54 Å². The number of nitrogens with zero attached hydrogens (tertiary/aromatic N) is 4. The molecule has 0 aliphatic carbocycles. The topological polar surface area (TPSA) is 74.1 Å². The minimum Gasteiger partial charge on any atom is -0.373 e. The summed E-state index contributed by atoms with van der Waals surface area (Å²) in [6, 6.07) is 10.4. The number of anilines is 2. The third-order valence-electron chi connectivity index (χ3n) is 5.08. The van der Waals surface area contributed by atoms with Gasteiger partial charge in [-0.2, -0.15) is 0 Å². The largest absolute Gasteiger partial charge is 0.373 e. The highest BCUT2D eigenvalue weighted by Crippen LogP contribution is 2.31. The average Bonchev–Trinajstić information content (AvgIpc) is 3.19. The number of rotatable bonds is 4. The maximum atomic E-state index is 6.75. The van der Waals surface area contributed by atoms with Crippen LogP contribution in [0.5, 0.6) is 0 Å². The van der Waals surface area contributed by atoms with Crippen LogP contribution in [0.2, 0.25) is 0 Å². The van der Waals surface area contributed by atoms with Crippen LogP contribution in [-0.4, -0.2) is 47.2 Å². The fraction of sp³-hybridized carbons (Fsp3) is 0.368. The number of nitrogens with two attached hydrogens (primary N) is 1. The summed E-state index contributed by atoms with van der Waals surface area (Å²) in [6.45, 7) is 4.60. The molecule has 6 nitrogen and oxygen atoms in total. The molecular weight excluding hydrogens is 312 g/mol. The van der Waals surface area contributed by atoms with E-state index < -0.39 is 0 Å². The van der Waals surface area contributed by atoms with Crippen molar-refractivity contribution in [1.82, 2.24) is 15.0 Å². The number of fused-ring (bicyclic) bond motifs is 1. The van der Waals surface area contributed by atoms with E-state index >= 15 is 0 Å². The Morgan fingerprint density at radius 2 is 2.08 bits per heavy atom. The molecular formula is C19H24N6. The van der Waals surface area contributed by atoms with Crippen molar-refractivity contribution in [2.24, 2.45) is 5.73 Å². The number of H-pyrrole nitrogens is 1. The van der Waals surface area contributed by atoms with Crippen molar-refractivity contribution in [3.63, 3.8) is 0 Å². The maximum absolute atomic E-state index is 6.75. The first-order valence-corrected chi connectivity index (χ1v) is 8.64. The zero-order valence-corrected chi connectivity index (χ0v) is 14.7. The van der Waals surface area contributed by atoms with Crippen molar-refractivity contribution in [1.29, 1.82) is 0 Å². The van der Waals surface area contributed by atoms with Gasteiger partial charge in [-0.25, -0.2) is 9.97 Å². The zero-order chi connectivity index (χ0) is 17.4. The number of aromatic nitrogens is 3. The minimum atomic E-state index is -0.258. The van der Waals surface area contributed by atoms with Crippen LogP contribution in [0, 0.1) is 6.92 Å². The van der Waals surface area contributed by atoms with E-state index in [0.717, 1.165) is 42.9 Å². The number of hydrogen-bond donors (Lipinski definition) is 2. The Kier molecular flexibility index (Phi) is 3.84. The number of nitrogens with one attached hydrogen (secondary N) is 1. The number of benzene rings is 1. The van der Waals surface area contributed by atoms with Crippen LogP contribution in [0.4, 0.5) is 11.5 Å². The van der Waals surface area contributed by atoms with E-state index in [1.807, 2.05) is 12.3 Å². The molecule has 1 atom stereocenters. The van der Waals surface area contributed by atoms with Gasteiger partial charge in [-0.3, -0.25) is 0 Å². The Balaban J connectivity index is 1.55. The molecule has 1 saturated heterocycles. The van der Waals surface area contributed by atoms with Gasteiger partial charge in [-0.1, -0.05) is 18.2 Å². The summed E-state index contributed by atoms with van der Waals surface area (Å²) in [5, 5.41) is 1.10. The Hall–Kier alpha value is -2.60. The molecule has 2 aromatic heterocycles. The first-order chi connectivity index (χ1) is 12.1. The Morgan fingerprint density at radius 3 is 2.88 bits per heavy atom. The molecule has 0 amide bonds. The Labute approximate surface area is 147 Å². The molecule has 0 saturated carbocycles. The quantitative estimate of drug-likeness (QED) is 0.765. The first kappa shape index (κ1) is 15.9. The van der Waals surface area contributed by atoms with Crippen LogP contribution in [0.3, 0.4) is 0 Å². The van der Waals surface area contributed by atoms with Gasteiger partial charge >= 0.3 is 0 Å². The first-order valence-electron chi connectivity index (χ1n) is 8.64. The van der Waals surface area contributed by atoms with Crippen molar-refractivity contribution in [3.8, 4) is 0 Å². The second kappa shape index (κ2) is 6.04. The summed E-state index contributed by atoms with van der Waals surface area (Å²) in [5.74, 6) is 0.985. The smallest absolute Gasteiger partial charge is 0.143 e. The van der Waals surface area contributed by atoms with Crippen molar-refractivity contribution in [2.45, 2.75) is 18.9 Å². The number of aryl methyl sites for hydroxylation is 1. The van der Waals surface area contributed by atoms with Gasteiger partial charge in [-0.15, -0.1) is 0 Å². The summed E-state index contributed by atoms with van der Waals surface area (Å²) >= 11 is 0. The third kappa shape index (κ3) is 2.93. The van der Waals surface area contributed by atoms with E-state index in [1.54, 1.807) is 6.33 Å². The Bertz CT molecular complexity index is 874. The number of hydrogen-bond acceptors (Lipinski definition) is 5. The highest BCUT2D eigenvalue weighted by atomic mass is 15.3. The molecule has 1 aliphatic heterocycles. The lowest BCUT2D eigenvalue weighted by Gasteiger charge is -2.31. The molecule has 0 bridgehead atoms. The van der Waals surface area contributed by atoms with E-state index in [2.05, 4.69) is 63.0 Å². The molecule has 4 rings (SSSR count). The molecule has 6 heteroatoms.